The smallest absolute Gasteiger partial charge is 0.304 e. The number of para-hydroxylation sites is 1. The number of carboxylic acid groups (broad SMARTS) is 1. The fraction of sp³-hybridized carbons (Fsp3) is 0.222. The van der Waals surface area contributed by atoms with Gasteiger partial charge in [0, 0.05) is 23.7 Å². The van der Waals surface area contributed by atoms with Gasteiger partial charge in [0.25, 0.3) is 5.91 Å². The molecule has 22 heavy (non-hydrogen) atoms. The SMILES string of the molecule is Cc1ccc(C(=O)N2CC(CC(=O)O)c3ccccc32)cc1. The van der Waals surface area contributed by atoms with Crippen molar-refractivity contribution in [1.82, 2.24) is 0 Å². The summed E-state index contributed by atoms with van der Waals surface area (Å²) in [6.07, 6.45) is 0.0364. The molecule has 0 radical (unpaired) electrons. The molecule has 3 rings (SSSR count). The number of carbonyl (C=O) groups is 2. The van der Waals surface area contributed by atoms with E-state index < -0.39 is 5.97 Å². The molecule has 2 aromatic carbocycles. The topological polar surface area (TPSA) is 57.6 Å². The fourth-order valence-corrected chi connectivity index (χ4v) is 2.93. The maximum Gasteiger partial charge on any atom is 0.304 e. The maximum absolute atomic E-state index is 12.7. The van der Waals surface area contributed by atoms with E-state index >= 15 is 0 Å². The van der Waals surface area contributed by atoms with Crippen LogP contribution in [0.4, 0.5) is 5.69 Å². The Morgan fingerprint density at radius 2 is 1.82 bits per heavy atom. The van der Waals surface area contributed by atoms with Gasteiger partial charge < -0.3 is 10.0 Å². The number of rotatable bonds is 3. The summed E-state index contributed by atoms with van der Waals surface area (Å²) in [6.45, 7) is 2.39. The fourth-order valence-electron chi connectivity index (χ4n) is 2.93. The van der Waals surface area contributed by atoms with Crippen LogP contribution in [0.5, 0.6) is 0 Å². The molecule has 1 amide bonds. The van der Waals surface area contributed by atoms with Gasteiger partial charge in [-0.25, -0.2) is 0 Å². The van der Waals surface area contributed by atoms with E-state index in [-0.39, 0.29) is 18.2 Å². The van der Waals surface area contributed by atoms with E-state index in [2.05, 4.69) is 0 Å². The van der Waals surface area contributed by atoms with E-state index in [0.29, 0.717) is 12.1 Å². The number of hydrogen-bond donors (Lipinski definition) is 1. The molecule has 0 spiro atoms. The minimum atomic E-state index is -0.843. The molecule has 1 unspecified atom stereocenters. The van der Waals surface area contributed by atoms with Crippen LogP contribution in [-0.4, -0.2) is 23.5 Å². The highest BCUT2D eigenvalue weighted by Crippen LogP contribution is 2.38. The summed E-state index contributed by atoms with van der Waals surface area (Å²) in [5.74, 6) is -1.08. The van der Waals surface area contributed by atoms with Crippen LogP contribution < -0.4 is 4.90 Å². The number of carboxylic acids is 1. The van der Waals surface area contributed by atoms with Crippen molar-refractivity contribution in [2.45, 2.75) is 19.3 Å². The van der Waals surface area contributed by atoms with E-state index in [9.17, 15) is 9.59 Å². The Labute approximate surface area is 129 Å². The third-order valence-corrected chi connectivity index (χ3v) is 4.04. The van der Waals surface area contributed by atoms with Crippen LogP contribution in [0.3, 0.4) is 0 Å². The lowest BCUT2D eigenvalue weighted by molar-refractivity contribution is -0.137. The molecule has 0 saturated heterocycles. The Hall–Kier alpha value is -2.62. The van der Waals surface area contributed by atoms with Crippen molar-refractivity contribution in [1.29, 1.82) is 0 Å². The van der Waals surface area contributed by atoms with Crippen molar-refractivity contribution in [3.63, 3.8) is 0 Å². The van der Waals surface area contributed by atoms with Gasteiger partial charge in [-0.05, 0) is 30.7 Å². The average Bonchev–Trinajstić information content (AvgIpc) is 2.86. The first kappa shape index (κ1) is 14.3. The summed E-state index contributed by atoms with van der Waals surface area (Å²) in [5, 5.41) is 9.07. The lowest BCUT2D eigenvalue weighted by Gasteiger charge is -2.18. The summed E-state index contributed by atoms with van der Waals surface area (Å²) in [5.41, 5.74) is 3.48. The minimum Gasteiger partial charge on any atom is -0.481 e. The van der Waals surface area contributed by atoms with Crippen molar-refractivity contribution in [3.05, 3.63) is 65.2 Å². The first-order chi connectivity index (χ1) is 10.6. The lowest BCUT2D eigenvalue weighted by Crippen LogP contribution is -2.30. The van der Waals surface area contributed by atoms with Crippen LogP contribution in [0.25, 0.3) is 0 Å². The summed E-state index contributed by atoms with van der Waals surface area (Å²) in [4.78, 5) is 25.5. The van der Waals surface area contributed by atoms with Gasteiger partial charge in [0.05, 0.1) is 6.42 Å². The quantitative estimate of drug-likeness (QED) is 0.946. The Balaban J connectivity index is 1.93. The van der Waals surface area contributed by atoms with Gasteiger partial charge >= 0.3 is 5.97 Å². The van der Waals surface area contributed by atoms with Crippen LogP contribution in [0.15, 0.2) is 48.5 Å². The first-order valence-corrected chi connectivity index (χ1v) is 7.25. The number of amides is 1. The van der Waals surface area contributed by atoms with Gasteiger partial charge in [-0.3, -0.25) is 9.59 Å². The van der Waals surface area contributed by atoms with E-state index in [1.807, 2.05) is 55.5 Å². The van der Waals surface area contributed by atoms with Crippen LogP contribution in [0, 0.1) is 6.92 Å². The first-order valence-electron chi connectivity index (χ1n) is 7.25. The molecule has 1 aliphatic heterocycles. The van der Waals surface area contributed by atoms with Gasteiger partial charge in [-0.1, -0.05) is 35.9 Å². The molecule has 0 aromatic heterocycles. The van der Waals surface area contributed by atoms with Gasteiger partial charge in [0.15, 0.2) is 0 Å². The number of carbonyl (C=O) groups excluding carboxylic acids is 1. The second-order valence-corrected chi connectivity index (χ2v) is 5.64. The molecule has 4 nitrogen and oxygen atoms in total. The predicted molar refractivity (Wildman–Crippen MR) is 84.3 cm³/mol. The molecular formula is C18H17NO3. The molecule has 0 bridgehead atoms. The standard InChI is InChI=1S/C18H17NO3/c1-12-6-8-13(9-7-12)18(22)19-11-14(10-17(20)21)15-4-2-3-5-16(15)19/h2-9,14H,10-11H2,1H3,(H,20,21). The van der Waals surface area contributed by atoms with Gasteiger partial charge in [0.1, 0.15) is 0 Å². The molecule has 1 atom stereocenters. The number of fused-ring (bicyclic) bond motifs is 1. The Morgan fingerprint density at radius 3 is 2.50 bits per heavy atom. The van der Waals surface area contributed by atoms with E-state index in [1.54, 1.807) is 4.90 Å². The molecule has 0 saturated carbocycles. The molecule has 2 aromatic rings. The van der Waals surface area contributed by atoms with Crippen LogP contribution >= 0.6 is 0 Å². The van der Waals surface area contributed by atoms with Crippen LogP contribution in [0.2, 0.25) is 0 Å². The number of hydrogen-bond acceptors (Lipinski definition) is 2. The van der Waals surface area contributed by atoms with Gasteiger partial charge in [0.2, 0.25) is 0 Å². The summed E-state index contributed by atoms with van der Waals surface area (Å²) < 4.78 is 0. The third-order valence-electron chi connectivity index (χ3n) is 4.04. The predicted octanol–water partition coefficient (Wildman–Crippen LogP) is 3.21. The van der Waals surface area contributed by atoms with Crippen molar-refractivity contribution in [2.75, 3.05) is 11.4 Å². The van der Waals surface area contributed by atoms with E-state index in [0.717, 1.165) is 16.8 Å². The second kappa shape index (κ2) is 5.64. The van der Waals surface area contributed by atoms with Crippen molar-refractivity contribution < 1.29 is 14.7 Å². The summed E-state index contributed by atoms with van der Waals surface area (Å²) >= 11 is 0. The third kappa shape index (κ3) is 2.60. The van der Waals surface area contributed by atoms with Gasteiger partial charge in [-0.15, -0.1) is 0 Å². The zero-order valence-electron chi connectivity index (χ0n) is 12.3. The number of aryl methyl sites for hydroxylation is 1. The molecule has 1 N–H and O–H groups in total. The Bertz CT molecular complexity index is 721. The number of anilines is 1. The van der Waals surface area contributed by atoms with E-state index in [1.165, 1.54) is 0 Å². The summed E-state index contributed by atoms with van der Waals surface area (Å²) in [7, 11) is 0. The molecule has 112 valence electrons. The van der Waals surface area contributed by atoms with Gasteiger partial charge in [-0.2, -0.15) is 0 Å². The highest BCUT2D eigenvalue weighted by Gasteiger charge is 2.33. The Morgan fingerprint density at radius 1 is 1.14 bits per heavy atom. The molecule has 1 aliphatic rings. The second-order valence-electron chi connectivity index (χ2n) is 5.64. The normalized spacial score (nSPS) is 16.4. The molecular weight excluding hydrogens is 278 g/mol. The maximum atomic E-state index is 12.7. The summed E-state index contributed by atoms with van der Waals surface area (Å²) in [6, 6.07) is 15.0. The number of aliphatic carboxylic acids is 1. The monoisotopic (exact) mass is 295 g/mol. The van der Waals surface area contributed by atoms with Crippen molar-refractivity contribution in [3.8, 4) is 0 Å². The molecule has 1 heterocycles. The lowest BCUT2D eigenvalue weighted by atomic mass is 9.98. The van der Waals surface area contributed by atoms with E-state index in [4.69, 9.17) is 5.11 Å². The zero-order valence-corrected chi connectivity index (χ0v) is 12.3. The average molecular weight is 295 g/mol. The molecule has 0 aliphatic carbocycles. The van der Waals surface area contributed by atoms with Crippen molar-refractivity contribution >= 4 is 17.6 Å². The van der Waals surface area contributed by atoms with Crippen LogP contribution in [0.1, 0.15) is 33.8 Å². The molecule has 0 fully saturated rings. The number of benzene rings is 2. The van der Waals surface area contributed by atoms with Crippen molar-refractivity contribution in [2.24, 2.45) is 0 Å². The highest BCUT2D eigenvalue weighted by molar-refractivity contribution is 6.07. The van der Waals surface area contributed by atoms with Crippen LogP contribution in [-0.2, 0) is 4.79 Å². The molecule has 4 heteroatoms. The Kier molecular flexibility index (Phi) is 3.67. The largest absolute Gasteiger partial charge is 0.481 e. The number of nitrogens with zero attached hydrogens (tertiary/aromatic N) is 1. The highest BCUT2D eigenvalue weighted by atomic mass is 16.4. The zero-order chi connectivity index (χ0) is 15.7. The minimum absolute atomic E-state index is 0.0364.